The number of halogens is 2. The fraction of sp³-hybridized carbons (Fsp3) is 0.300. The second kappa shape index (κ2) is 3.44. The largest absolute Gasteiger partial charge is 0.250 e. The van der Waals surface area contributed by atoms with Gasteiger partial charge in [-0.05, 0) is 32.0 Å². The highest BCUT2D eigenvalue weighted by molar-refractivity contribution is 6.36. The first kappa shape index (κ1) is 9.81. The molecule has 0 aliphatic rings. The molecule has 1 aromatic heterocycles. The van der Waals surface area contributed by atoms with Crippen LogP contribution < -0.4 is 0 Å². The summed E-state index contributed by atoms with van der Waals surface area (Å²) in [6.45, 7) is 4.08. The molecule has 0 aliphatic heterocycles. The Morgan fingerprint density at radius 1 is 1.29 bits per heavy atom. The van der Waals surface area contributed by atoms with Gasteiger partial charge in [0.2, 0.25) is 0 Å². The van der Waals surface area contributed by atoms with Crippen molar-refractivity contribution in [3.63, 3.8) is 0 Å². The smallest absolute Gasteiger partial charge is 0.135 e. The normalized spacial score (nSPS) is 11.5. The van der Waals surface area contributed by atoms with E-state index in [9.17, 15) is 0 Å². The van der Waals surface area contributed by atoms with Crippen molar-refractivity contribution < 1.29 is 0 Å². The third-order valence-electron chi connectivity index (χ3n) is 2.09. The van der Waals surface area contributed by atoms with Crippen molar-refractivity contribution in [2.24, 2.45) is 0 Å². The van der Waals surface area contributed by atoms with E-state index in [0.29, 0.717) is 10.2 Å². The molecule has 2 nitrogen and oxygen atoms in total. The number of benzene rings is 1. The minimum Gasteiger partial charge on any atom is -0.250 e. The second-order valence-electron chi connectivity index (χ2n) is 3.49. The average molecular weight is 229 g/mol. The predicted molar refractivity (Wildman–Crippen MR) is 60.1 cm³/mol. The fourth-order valence-electron chi connectivity index (χ4n) is 1.39. The van der Waals surface area contributed by atoms with E-state index in [4.69, 9.17) is 23.2 Å². The lowest BCUT2D eigenvalue weighted by Gasteiger charge is -2.05. The SMILES string of the molecule is CC(C)n1nc2ccc(Cl)cc2c1Cl. The number of hydrogen-bond acceptors (Lipinski definition) is 1. The third-order valence-corrected chi connectivity index (χ3v) is 2.70. The van der Waals surface area contributed by atoms with Crippen molar-refractivity contribution in [1.29, 1.82) is 0 Å². The number of nitrogens with zero attached hydrogens (tertiary/aromatic N) is 2. The van der Waals surface area contributed by atoms with Gasteiger partial charge in [-0.15, -0.1) is 0 Å². The zero-order chi connectivity index (χ0) is 10.3. The summed E-state index contributed by atoms with van der Waals surface area (Å²) < 4.78 is 1.79. The molecule has 4 heteroatoms. The Balaban J connectivity index is 2.74. The molecule has 0 fully saturated rings. The lowest BCUT2D eigenvalue weighted by Crippen LogP contribution is -2.01. The molecular formula is C10H10Cl2N2. The van der Waals surface area contributed by atoms with Crippen LogP contribution in [0.15, 0.2) is 18.2 Å². The monoisotopic (exact) mass is 228 g/mol. The Morgan fingerprint density at radius 3 is 2.64 bits per heavy atom. The molecule has 0 saturated heterocycles. The fourth-order valence-corrected chi connectivity index (χ4v) is 1.94. The number of aromatic nitrogens is 2. The highest BCUT2D eigenvalue weighted by atomic mass is 35.5. The standard InChI is InChI=1S/C10H10Cl2N2/c1-6(2)14-10(12)8-5-7(11)3-4-9(8)13-14/h3-6H,1-2H3. The van der Waals surface area contributed by atoms with Crippen LogP contribution in [0.1, 0.15) is 19.9 Å². The topological polar surface area (TPSA) is 17.8 Å². The summed E-state index contributed by atoms with van der Waals surface area (Å²) in [7, 11) is 0. The van der Waals surface area contributed by atoms with Crippen molar-refractivity contribution in [3.8, 4) is 0 Å². The van der Waals surface area contributed by atoms with E-state index < -0.39 is 0 Å². The summed E-state index contributed by atoms with van der Waals surface area (Å²) in [5.41, 5.74) is 0.883. The molecule has 0 saturated carbocycles. The summed E-state index contributed by atoms with van der Waals surface area (Å²) in [6.07, 6.45) is 0. The summed E-state index contributed by atoms with van der Waals surface area (Å²) in [5, 5.41) is 6.62. The van der Waals surface area contributed by atoms with Crippen LogP contribution in [0.5, 0.6) is 0 Å². The van der Waals surface area contributed by atoms with E-state index >= 15 is 0 Å². The average Bonchev–Trinajstić information content (AvgIpc) is 2.44. The lowest BCUT2D eigenvalue weighted by molar-refractivity contribution is 0.538. The Hall–Kier alpha value is -0.730. The summed E-state index contributed by atoms with van der Waals surface area (Å²) >= 11 is 12.0. The van der Waals surface area contributed by atoms with E-state index in [2.05, 4.69) is 5.10 Å². The van der Waals surface area contributed by atoms with Crippen LogP contribution in [-0.4, -0.2) is 9.78 Å². The van der Waals surface area contributed by atoms with Crippen LogP contribution >= 0.6 is 23.2 Å². The number of rotatable bonds is 1. The predicted octanol–water partition coefficient (Wildman–Crippen LogP) is 3.92. The van der Waals surface area contributed by atoms with Gasteiger partial charge >= 0.3 is 0 Å². The Morgan fingerprint density at radius 2 is 2.00 bits per heavy atom. The molecule has 2 aromatic rings. The summed E-state index contributed by atoms with van der Waals surface area (Å²) in [6, 6.07) is 5.79. The van der Waals surface area contributed by atoms with Crippen LogP contribution in [0.25, 0.3) is 10.9 Å². The molecule has 74 valence electrons. The van der Waals surface area contributed by atoms with Gasteiger partial charge in [0.1, 0.15) is 5.15 Å². The lowest BCUT2D eigenvalue weighted by atomic mass is 10.2. The van der Waals surface area contributed by atoms with Gasteiger partial charge in [0.25, 0.3) is 0 Å². The molecule has 0 aliphatic carbocycles. The van der Waals surface area contributed by atoms with Crippen LogP contribution in [0.4, 0.5) is 0 Å². The highest BCUT2D eigenvalue weighted by Gasteiger charge is 2.11. The van der Waals surface area contributed by atoms with Crippen molar-refractivity contribution in [1.82, 2.24) is 9.78 Å². The zero-order valence-corrected chi connectivity index (χ0v) is 9.47. The van der Waals surface area contributed by atoms with E-state index in [0.717, 1.165) is 10.9 Å². The maximum atomic E-state index is 6.17. The van der Waals surface area contributed by atoms with Gasteiger partial charge in [-0.1, -0.05) is 23.2 Å². The minimum atomic E-state index is 0.258. The van der Waals surface area contributed by atoms with Crippen LogP contribution in [0.3, 0.4) is 0 Å². The molecule has 0 spiro atoms. The van der Waals surface area contributed by atoms with E-state index in [1.54, 1.807) is 4.68 Å². The summed E-state index contributed by atoms with van der Waals surface area (Å²) in [4.78, 5) is 0. The van der Waals surface area contributed by atoms with Crippen LogP contribution in [0, 0.1) is 0 Å². The quantitative estimate of drug-likeness (QED) is 0.724. The Kier molecular flexibility index (Phi) is 2.41. The Bertz CT molecular complexity index is 474. The molecule has 14 heavy (non-hydrogen) atoms. The maximum absolute atomic E-state index is 6.17. The molecule has 0 N–H and O–H groups in total. The third kappa shape index (κ3) is 1.49. The van der Waals surface area contributed by atoms with Crippen LogP contribution in [0.2, 0.25) is 10.2 Å². The molecule has 1 aromatic carbocycles. The van der Waals surface area contributed by atoms with E-state index in [1.165, 1.54) is 0 Å². The first-order chi connectivity index (χ1) is 6.59. The zero-order valence-electron chi connectivity index (χ0n) is 7.96. The van der Waals surface area contributed by atoms with Crippen molar-refractivity contribution in [2.45, 2.75) is 19.9 Å². The molecule has 0 amide bonds. The first-order valence-corrected chi connectivity index (χ1v) is 5.18. The second-order valence-corrected chi connectivity index (χ2v) is 4.29. The minimum absolute atomic E-state index is 0.258. The van der Waals surface area contributed by atoms with Gasteiger partial charge < -0.3 is 0 Å². The van der Waals surface area contributed by atoms with Gasteiger partial charge in [-0.25, -0.2) is 0 Å². The van der Waals surface area contributed by atoms with Gasteiger partial charge in [-0.3, -0.25) is 4.68 Å². The van der Waals surface area contributed by atoms with Gasteiger partial charge in [0.15, 0.2) is 0 Å². The van der Waals surface area contributed by atoms with Crippen molar-refractivity contribution >= 4 is 34.1 Å². The van der Waals surface area contributed by atoms with Crippen LogP contribution in [-0.2, 0) is 0 Å². The van der Waals surface area contributed by atoms with Gasteiger partial charge in [-0.2, -0.15) is 5.10 Å². The molecule has 0 radical (unpaired) electrons. The van der Waals surface area contributed by atoms with Crippen molar-refractivity contribution in [2.75, 3.05) is 0 Å². The molecule has 0 unspecified atom stereocenters. The van der Waals surface area contributed by atoms with Gasteiger partial charge in [0, 0.05) is 16.5 Å². The highest BCUT2D eigenvalue weighted by Crippen LogP contribution is 2.28. The summed E-state index contributed by atoms with van der Waals surface area (Å²) in [5.74, 6) is 0. The molecular weight excluding hydrogens is 219 g/mol. The van der Waals surface area contributed by atoms with E-state index in [1.807, 2.05) is 32.0 Å². The van der Waals surface area contributed by atoms with Gasteiger partial charge in [0.05, 0.1) is 5.52 Å². The van der Waals surface area contributed by atoms with Crippen molar-refractivity contribution in [3.05, 3.63) is 28.4 Å². The first-order valence-electron chi connectivity index (χ1n) is 4.43. The van der Waals surface area contributed by atoms with E-state index in [-0.39, 0.29) is 6.04 Å². The number of fused-ring (bicyclic) bond motifs is 1. The maximum Gasteiger partial charge on any atom is 0.135 e. The molecule has 1 heterocycles. The number of hydrogen-bond donors (Lipinski definition) is 0. The Labute approximate surface area is 92.4 Å². The molecule has 2 rings (SSSR count). The molecule has 0 bridgehead atoms. The molecule has 0 atom stereocenters.